The lowest BCUT2D eigenvalue weighted by Crippen LogP contribution is -2.03. The number of benzene rings is 1. The molecule has 0 radical (unpaired) electrons. The van der Waals surface area contributed by atoms with Crippen LogP contribution in [0.2, 0.25) is 0 Å². The van der Waals surface area contributed by atoms with Crippen LogP contribution in [0.1, 0.15) is 11.1 Å². The van der Waals surface area contributed by atoms with Crippen molar-refractivity contribution in [2.75, 3.05) is 7.11 Å². The lowest BCUT2D eigenvalue weighted by atomic mass is 10.1. The molecule has 2 aromatic rings. The summed E-state index contributed by atoms with van der Waals surface area (Å²) in [5, 5.41) is 0.921. The van der Waals surface area contributed by atoms with E-state index in [1.165, 1.54) is 0 Å². The molecule has 0 saturated heterocycles. The third-order valence-corrected chi connectivity index (χ3v) is 3.60. The fourth-order valence-electron chi connectivity index (χ4n) is 1.73. The molecule has 1 aromatic heterocycles. The van der Waals surface area contributed by atoms with Gasteiger partial charge in [0.25, 0.3) is 0 Å². The van der Waals surface area contributed by atoms with E-state index in [-0.39, 0.29) is 5.63 Å². The van der Waals surface area contributed by atoms with Crippen molar-refractivity contribution in [2.24, 2.45) is 0 Å². The zero-order valence-corrected chi connectivity index (χ0v) is 10.8. The number of methoxy groups -OCH3 is 1. The number of fused-ring (bicyclic) bond motifs is 1. The third kappa shape index (κ3) is 1.53. The van der Waals surface area contributed by atoms with Gasteiger partial charge >= 0.3 is 5.63 Å². The van der Waals surface area contributed by atoms with E-state index in [4.69, 9.17) is 9.15 Å². The second-order valence-electron chi connectivity index (χ2n) is 3.60. The molecule has 0 aliphatic rings. The minimum Gasteiger partial charge on any atom is -0.496 e. The number of rotatable bonds is 1. The first-order chi connectivity index (χ1) is 7.56. The number of hydrogen-bond donors (Lipinski definition) is 0. The second-order valence-corrected chi connectivity index (χ2v) is 4.39. The quantitative estimate of drug-likeness (QED) is 0.754. The SMILES string of the molecule is COc1ccc2c(C)c(Br)c(=O)oc2c1C. The molecule has 4 heteroatoms. The summed E-state index contributed by atoms with van der Waals surface area (Å²) < 4.78 is 10.9. The van der Waals surface area contributed by atoms with Gasteiger partial charge in [-0.3, -0.25) is 0 Å². The first kappa shape index (κ1) is 11.2. The normalized spacial score (nSPS) is 10.8. The average Bonchev–Trinajstić information content (AvgIpc) is 2.28. The molecule has 3 nitrogen and oxygen atoms in total. The largest absolute Gasteiger partial charge is 0.496 e. The highest BCUT2D eigenvalue weighted by Crippen LogP contribution is 2.30. The molecule has 84 valence electrons. The topological polar surface area (TPSA) is 39.4 Å². The predicted octanol–water partition coefficient (Wildman–Crippen LogP) is 3.18. The maximum Gasteiger partial charge on any atom is 0.350 e. The Bertz CT molecular complexity index is 614. The second kappa shape index (κ2) is 3.94. The minimum atomic E-state index is -0.360. The monoisotopic (exact) mass is 282 g/mol. The summed E-state index contributed by atoms with van der Waals surface area (Å²) in [5.74, 6) is 0.720. The Hall–Kier alpha value is -1.29. The average molecular weight is 283 g/mol. The van der Waals surface area contributed by atoms with Crippen LogP contribution >= 0.6 is 15.9 Å². The molecule has 0 atom stereocenters. The van der Waals surface area contributed by atoms with Gasteiger partial charge in [-0.2, -0.15) is 0 Å². The van der Waals surface area contributed by atoms with Crippen molar-refractivity contribution in [1.82, 2.24) is 0 Å². The van der Waals surface area contributed by atoms with Crippen LogP contribution in [0, 0.1) is 13.8 Å². The first-order valence-corrected chi connectivity index (χ1v) is 5.62. The van der Waals surface area contributed by atoms with E-state index in [0.29, 0.717) is 10.1 Å². The molecule has 0 bridgehead atoms. The van der Waals surface area contributed by atoms with E-state index in [1.54, 1.807) is 7.11 Å². The molecule has 1 aromatic carbocycles. The Morgan fingerprint density at radius 3 is 2.56 bits per heavy atom. The zero-order valence-electron chi connectivity index (χ0n) is 9.26. The molecule has 0 amide bonds. The molecule has 0 fully saturated rings. The fourth-order valence-corrected chi connectivity index (χ4v) is 2.02. The molecule has 0 saturated carbocycles. The number of hydrogen-bond acceptors (Lipinski definition) is 3. The molecule has 1 heterocycles. The fraction of sp³-hybridized carbons (Fsp3) is 0.250. The van der Waals surface area contributed by atoms with E-state index in [1.807, 2.05) is 26.0 Å². The van der Waals surface area contributed by atoms with Crippen molar-refractivity contribution in [3.8, 4) is 5.75 Å². The molecular weight excluding hydrogens is 272 g/mol. The summed E-state index contributed by atoms with van der Waals surface area (Å²) in [7, 11) is 1.60. The predicted molar refractivity (Wildman–Crippen MR) is 66.2 cm³/mol. The van der Waals surface area contributed by atoms with Gasteiger partial charge in [-0.25, -0.2) is 4.79 Å². The lowest BCUT2D eigenvalue weighted by molar-refractivity contribution is 0.410. The highest BCUT2D eigenvalue weighted by molar-refractivity contribution is 9.10. The summed E-state index contributed by atoms with van der Waals surface area (Å²) in [5.41, 5.74) is 1.95. The molecule has 0 unspecified atom stereocenters. The van der Waals surface area contributed by atoms with Crippen LogP contribution in [0.25, 0.3) is 11.0 Å². The standard InChI is InChI=1S/C12H11BrO3/c1-6-8-4-5-9(15-3)7(2)11(8)16-12(14)10(6)13/h4-5H,1-3H3. The van der Waals surface area contributed by atoms with E-state index in [9.17, 15) is 4.79 Å². The molecule has 0 aliphatic carbocycles. The number of aryl methyl sites for hydroxylation is 2. The van der Waals surface area contributed by atoms with Gasteiger partial charge in [0.1, 0.15) is 15.8 Å². The van der Waals surface area contributed by atoms with Crippen LogP contribution < -0.4 is 10.4 Å². The van der Waals surface area contributed by atoms with Crippen LogP contribution in [-0.4, -0.2) is 7.11 Å². The summed E-state index contributed by atoms with van der Waals surface area (Å²) in [4.78, 5) is 11.6. The Morgan fingerprint density at radius 1 is 1.25 bits per heavy atom. The third-order valence-electron chi connectivity index (χ3n) is 2.68. The van der Waals surface area contributed by atoms with Crippen molar-refractivity contribution in [1.29, 1.82) is 0 Å². The highest BCUT2D eigenvalue weighted by Gasteiger charge is 2.12. The van der Waals surface area contributed by atoms with Crippen molar-refractivity contribution in [2.45, 2.75) is 13.8 Å². The van der Waals surface area contributed by atoms with Gasteiger partial charge in [-0.1, -0.05) is 0 Å². The van der Waals surface area contributed by atoms with Gasteiger partial charge in [0.15, 0.2) is 0 Å². The molecule has 2 rings (SSSR count). The van der Waals surface area contributed by atoms with Crippen LogP contribution in [-0.2, 0) is 0 Å². The molecule has 0 N–H and O–H groups in total. The van der Waals surface area contributed by atoms with Gasteiger partial charge in [0.2, 0.25) is 0 Å². The van der Waals surface area contributed by atoms with Crippen LogP contribution in [0.4, 0.5) is 0 Å². The van der Waals surface area contributed by atoms with Gasteiger partial charge < -0.3 is 9.15 Å². The van der Waals surface area contributed by atoms with Crippen LogP contribution in [0.3, 0.4) is 0 Å². The minimum absolute atomic E-state index is 0.360. The smallest absolute Gasteiger partial charge is 0.350 e. The Kier molecular flexibility index (Phi) is 2.76. The number of ether oxygens (including phenoxy) is 1. The molecule has 0 aliphatic heterocycles. The van der Waals surface area contributed by atoms with Crippen molar-refractivity contribution < 1.29 is 9.15 Å². The van der Waals surface area contributed by atoms with E-state index in [0.717, 1.165) is 22.3 Å². The van der Waals surface area contributed by atoms with Gasteiger partial charge in [-0.15, -0.1) is 0 Å². The van der Waals surface area contributed by atoms with Crippen molar-refractivity contribution in [3.05, 3.63) is 38.2 Å². The number of halogens is 1. The van der Waals surface area contributed by atoms with Crippen molar-refractivity contribution in [3.63, 3.8) is 0 Å². The summed E-state index contributed by atoms with van der Waals surface area (Å²) in [6, 6.07) is 3.77. The maximum absolute atomic E-state index is 11.6. The first-order valence-electron chi connectivity index (χ1n) is 4.82. The summed E-state index contributed by atoms with van der Waals surface area (Å²) >= 11 is 3.22. The zero-order chi connectivity index (χ0) is 11.9. The lowest BCUT2D eigenvalue weighted by Gasteiger charge is -2.09. The highest BCUT2D eigenvalue weighted by atomic mass is 79.9. The molecular formula is C12H11BrO3. The van der Waals surface area contributed by atoms with Gasteiger partial charge in [0.05, 0.1) is 7.11 Å². The summed E-state index contributed by atoms with van der Waals surface area (Å²) in [6.07, 6.45) is 0. The summed E-state index contributed by atoms with van der Waals surface area (Å²) in [6.45, 7) is 3.76. The van der Waals surface area contributed by atoms with Gasteiger partial charge in [-0.05, 0) is 47.5 Å². The Balaban J connectivity index is 2.96. The van der Waals surface area contributed by atoms with Crippen LogP contribution in [0.15, 0.2) is 25.8 Å². The van der Waals surface area contributed by atoms with E-state index in [2.05, 4.69) is 15.9 Å². The Labute approximate surface area is 101 Å². The Morgan fingerprint density at radius 2 is 1.94 bits per heavy atom. The molecule has 0 spiro atoms. The van der Waals surface area contributed by atoms with Crippen molar-refractivity contribution >= 4 is 26.9 Å². The van der Waals surface area contributed by atoms with E-state index < -0.39 is 0 Å². The maximum atomic E-state index is 11.6. The molecule has 16 heavy (non-hydrogen) atoms. The van der Waals surface area contributed by atoms with Gasteiger partial charge in [0, 0.05) is 10.9 Å². The van der Waals surface area contributed by atoms with E-state index >= 15 is 0 Å². The van der Waals surface area contributed by atoms with Crippen LogP contribution in [0.5, 0.6) is 5.75 Å².